The zero-order valence-corrected chi connectivity index (χ0v) is 13.8. The molecule has 1 aromatic carbocycles. The highest BCUT2D eigenvalue weighted by atomic mass is 19.1. The second-order valence-corrected chi connectivity index (χ2v) is 5.64. The molecule has 2 heterocycles. The number of rotatable bonds is 4. The molecule has 0 spiro atoms. The summed E-state index contributed by atoms with van der Waals surface area (Å²) in [6, 6.07) is 7.11. The number of anilines is 1. The van der Waals surface area contributed by atoms with Crippen molar-refractivity contribution in [3.8, 4) is 11.8 Å². The summed E-state index contributed by atoms with van der Waals surface area (Å²) in [4.78, 5) is 21.7. The largest absolute Gasteiger partial charge is 0.495 e. The van der Waals surface area contributed by atoms with Crippen molar-refractivity contribution >= 4 is 11.7 Å². The summed E-state index contributed by atoms with van der Waals surface area (Å²) < 4.78 is 23.7. The van der Waals surface area contributed by atoms with Gasteiger partial charge in [-0.05, 0) is 25.0 Å². The van der Waals surface area contributed by atoms with Gasteiger partial charge in [0.1, 0.15) is 11.9 Å². The maximum Gasteiger partial charge on any atom is 0.322 e. The third-order valence-electron chi connectivity index (χ3n) is 3.88. The molecular formula is C17H19FN4O3. The van der Waals surface area contributed by atoms with Gasteiger partial charge >= 0.3 is 12.0 Å². The van der Waals surface area contributed by atoms with Crippen LogP contribution in [0.4, 0.5) is 14.9 Å². The number of nitrogens with zero attached hydrogens (tertiary/aromatic N) is 3. The summed E-state index contributed by atoms with van der Waals surface area (Å²) in [5.41, 5.74) is 0.611. The van der Waals surface area contributed by atoms with Crippen molar-refractivity contribution in [3.63, 3.8) is 0 Å². The van der Waals surface area contributed by atoms with Crippen LogP contribution in [0.1, 0.15) is 12.8 Å². The van der Waals surface area contributed by atoms with E-state index in [1.165, 1.54) is 0 Å². The number of likely N-dealkylation sites (tertiary alicyclic amines) is 1. The molecule has 0 radical (unpaired) electrons. The van der Waals surface area contributed by atoms with Gasteiger partial charge in [0.25, 0.3) is 0 Å². The molecule has 0 aliphatic carbocycles. The zero-order valence-electron chi connectivity index (χ0n) is 13.8. The van der Waals surface area contributed by atoms with Crippen molar-refractivity contribution in [1.29, 1.82) is 0 Å². The van der Waals surface area contributed by atoms with E-state index >= 15 is 0 Å². The molecule has 132 valence electrons. The van der Waals surface area contributed by atoms with E-state index in [0.29, 0.717) is 24.5 Å². The van der Waals surface area contributed by atoms with E-state index in [0.717, 1.165) is 25.2 Å². The van der Waals surface area contributed by atoms with E-state index in [9.17, 15) is 9.18 Å². The number of carbonyl (C=O) groups excluding carboxylic acids is 1. The maximum atomic E-state index is 12.9. The molecule has 1 aromatic heterocycles. The highest BCUT2D eigenvalue weighted by molar-refractivity contribution is 5.91. The molecule has 25 heavy (non-hydrogen) atoms. The minimum Gasteiger partial charge on any atom is -0.495 e. The van der Waals surface area contributed by atoms with Crippen LogP contribution in [-0.4, -0.2) is 47.2 Å². The van der Waals surface area contributed by atoms with Crippen molar-refractivity contribution in [2.45, 2.75) is 18.9 Å². The molecule has 7 nitrogen and oxygen atoms in total. The van der Waals surface area contributed by atoms with Crippen LogP contribution in [0.3, 0.4) is 0 Å². The first-order valence-electron chi connectivity index (χ1n) is 7.99. The van der Waals surface area contributed by atoms with Crippen molar-refractivity contribution in [2.75, 3.05) is 25.5 Å². The number of piperidine rings is 1. The molecule has 1 saturated heterocycles. The number of hydrogen-bond donors (Lipinski definition) is 1. The van der Waals surface area contributed by atoms with Crippen molar-refractivity contribution in [3.05, 3.63) is 42.5 Å². The number of benzene rings is 1. The molecule has 1 N–H and O–H groups in total. The normalized spacial score (nSPS) is 17.0. The number of nitrogens with one attached hydrogen (secondary N) is 1. The molecule has 2 amide bonds. The van der Waals surface area contributed by atoms with Crippen LogP contribution in [0.15, 0.2) is 36.7 Å². The molecule has 2 aromatic rings. The summed E-state index contributed by atoms with van der Waals surface area (Å²) in [6.07, 6.45) is 3.45. The van der Waals surface area contributed by atoms with Crippen LogP contribution >= 0.6 is 0 Å². The average molecular weight is 346 g/mol. The van der Waals surface area contributed by atoms with Gasteiger partial charge in [0.2, 0.25) is 0 Å². The van der Waals surface area contributed by atoms with Crippen molar-refractivity contribution in [1.82, 2.24) is 14.9 Å². The number of methoxy groups -OCH3 is 1. The first-order valence-corrected chi connectivity index (χ1v) is 7.99. The molecule has 1 aliphatic rings. The van der Waals surface area contributed by atoms with Gasteiger partial charge in [-0.1, -0.05) is 12.1 Å². The molecule has 1 fully saturated rings. The number of hydrogen-bond acceptors (Lipinski definition) is 5. The topological polar surface area (TPSA) is 76.6 Å². The van der Waals surface area contributed by atoms with Crippen LogP contribution < -0.4 is 14.8 Å². The van der Waals surface area contributed by atoms with Gasteiger partial charge in [0.05, 0.1) is 31.7 Å². The molecule has 0 bridgehead atoms. The molecule has 1 atom stereocenters. The van der Waals surface area contributed by atoms with Crippen molar-refractivity contribution < 1.29 is 18.7 Å². The average Bonchev–Trinajstić information content (AvgIpc) is 2.64. The Morgan fingerprint density at radius 2 is 2.08 bits per heavy atom. The van der Waals surface area contributed by atoms with Gasteiger partial charge in [-0.25, -0.2) is 19.2 Å². The number of ether oxygens (including phenoxy) is 2. The smallest absolute Gasteiger partial charge is 0.322 e. The van der Waals surface area contributed by atoms with E-state index in [1.807, 2.05) is 12.1 Å². The number of aromatic nitrogens is 2. The Balaban J connectivity index is 1.60. The maximum absolute atomic E-state index is 12.9. The van der Waals surface area contributed by atoms with Crippen LogP contribution in [0.2, 0.25) is 0 Å². The van der Waals surface area contributed by atoms with Gasteiger partial charge in [-0.2, -0.15) is 0 Å². The lowest BCUT2D eigenvalue weighted by atomic mass is 10.1. The monoisotopic (exact) mass is 346 g/mol. The first-order chi connectivity index (χ1) is 12.2. The summed E-state index contributed by atoms with van der Waals surface area (Å²) in [5, 5.41) is 2.85. The second-order valence-electron chi connectivity index (χ2n) is 5.64. The predicted octanol–water partition coefficient (Wildman–Crippen LogP) is 2.70. The minimum absolute atomic E-state index is 0.110. The van der Waals surface area contributed by atoms with E-state index in [1.54, 1.807) is 24.1 Å². The molecule has 0 saturated carbocycles. The van der Waals surface area contributed by atoms with Gasteiger partial charge in [0.15, 0.2) is 5.82 Å². The van der Waals surface area contributed by atoms with Gasteiger partial charge in [-0.3, -0.25) is 0 Å². The SMILES string of the molecule is COc1ccccc1NC(=O)N1CCC[C@H](Oc2ncc(F)cn2)C1. The fourth-order valence-corrected chi connectivity index (χ4v) is 2.67. The lowest BCUT2D eigenvalue weighted by molar-refractivity contribution is 0.0980. The van der Waals surface area contributed by atoms with Crippen LogP contribution in [0.5, 0.6) is 11.8 Å². The quantitative estimate of drug-likeness (QED) is 0.921. The Morgan fingerprint density at radius 1 is 1.32 bits per heavy atom. The third kappa shape index (κ3) is 4.34. The van der Waals surface area contributed by atoms with E-state index < -0.39 is 5.82 Å². The molecular weight excluding hydrogens is 327 g/mol. The number of urea groups is 1. The Bertz CT molecular complexity index is 726. The zero-order chi connectivity index (χ0) is 17.6. The third-order valence-corrected chi connectivity index (χ3v) is 3.88. The number of carbonyl (C=O) groups is 1. The summed E-state index contributed by atoms with van der Waals surface area (Å²) in [5.74, 6) is 0.0779. The lowest BCUT2D eigenvalue weighted by Crippen LogP contribution is -2.46. The fourth-order valence-electron chi connectivity index (χ4n) is 2.67. The standard InChI is InChI=1S/C17H19FN4O3/c1-24-15-7-3-2-6-14(15)21-17(23)22-8-4-5-13(11-22)25-16-19-9-12(18)10-20-16/h2-3,6-7,9-10,13H,4-5,8,11H2,1H3,(H,21,23)/t13-/m0/s1. The highest BCUT2D eigenvalue weighted by Crippen LogP contribution is 2.24. The summed E-state index contributed by atoms with van der Waals surface area (Å²) in [6.45, 7) is 1.03. The van der Waals surface area contributed by atoms with Gasteiger partial charge in [0, 0.05) is 6.54 Å². The molecule has 3 rings (SSSR count). The van der Waals surface area contributed by atoms with Crippen molar-refractivity contribution in [2.24, 2.45) is 0 Å². The van der Waals surface area contributed by atoms with Crippen LogP contribution in [0.25, 0.3) is 0 Å². The van der Waals surface area contributed by atoms with E-state index in [-0.39, 0.29) is 18.1 Å². The molecule has 1 aliphatic heterocycles. The number of halogens is 1. The highest BCUT2D eigenvalue weighted by Gasteiger charge is 2.26. The minimum atomic E-state index is -0.520. The first kappa shape index (κ1) is 16.9. The number of para-hydroxylation sites is 2. The van der Waals surface area contributed by atoms with Gasteiger partial charge < -0.3 is 19.7 Å². The summed E-state index contributed by atoms with van der Waals surface area (Å²) in [7, 11) is 1.55. The Morgan fingerprint density at radius 3 is 2.84 bits per heavy atom. The fraction of sp³-hybridized carbons (Fsp3) is 0.353. The Kier molecular flexibility index (Phi) is 5.27. The second kappa shape index (κ2) is 7.78. The van der Waals surface area contributed by atoms with Crippen LogP contribution in [-0.2, 0) is 0 Å². The molecule has 0 unspecified atom stereocenters. The van der Waals surface area contributed by atoms with E-state index in [4.69, 9.17) is 9.47 Å². The summed E-state index contributed by atoms with van der Waals surface area (Å²) >= 11 is 0. The molecule has 8 heteroatoms. The lowest BCUT2D eigenvalue weighted by Gasteiger charge is -2.32. The Hall–Kier alpha value is -2.90. The van der Waals surface area contributed by atoms with Crippen LogP contribution in [0, 0.1) is 5.82 Å². The Labute approximate surface area is 144 Å². The predicted molar refractivity (Wildman–Crippen MR) is 89.2 cm³/mol. The number of amides is 2. The van der Waals surface area contributed by atoms with E-state index in [2.05, 4.69) is 15.3 Å². The van der Waals surface area contributed by atoms with Gasteiger partial charge in [-0.15, -0.1) is 0 Å².